The Labute approximate surface area is 144 Å². The number of aromatic nitrogens is 1. The topological polar surface area (TPSA) is 81.7 Å². The van der Waals surface area contributed by atoms with Crippen molar-refractivity contribution in [3.63, 3.8) is 0 Å². The van der Waals surface area contributed by atoms with E-state index in [1.54, 1.807) is 0 Å². The van der Waals surface area contributed by atoms with Crippen molar-refractivity contribution >= 4 is 17.1 Å². The van der Waals surface area contributed by atoms with E-state index in [2.05, 4.69) is 6.92 Å². The van der Waals surface area contributed by atoms with E-state index in [1.165, 1.54) is 28.3 Å². The predicted octanol–water partition coefficient (Wildman–Crippen LogP) is 3.32. The molecule has 1 heterocycles. The highest BCUT2D eigenvalue weighted by atomic mass is 16.5. The summed E-state index contributed by atoms with van der Waals surface area (Å²) < 4.78 is 12.3. The highest BCUT2D eigenvalue weighted by Gasteiger charge is 2.12. The van der Waals surface area contributed by atoms with Crippen LogP contribution in [0.25, 0.3) is 11.1 Å². The first kappa shape index (κ1) is 16.8. The quantitative estimate of drug-likeness (QED) is 0.667. The highest BCUT2D eigenvalue weighted by molar-refractivity contribution is 5.91. The van der Waals surface area contributed by atoms with Gasteiger partial charge in [0.05, 0.1) is 17.7 Å². The van der Waals surface area contributed by atoms with Gasteiger partial charge in [0.15, 0.2) is 5.58 Å². The molecule has 6 heteroatoms. The second kappa shape index (κ2) is 7.25. The van der Waals surface area contributed by atoms with Gasteiger partial charge in [0.25, 0.3) is 0 Å². The molecule has 0 amide bonds. The number of ether oxygens (including phenoxy) is 1. The van der Waals surface area contributed by atoms with Crippen molar-refractivity contribution < 1.29 is 19.1 Å². The number of oxazole rings is 1. The summed E-state index contributed by atoms with van der Waals surface area (Å²) in [6.07, 6.45) is 1.58. The Kier molecular flexibility index (Phi) is 4.88. The first-order valence-electron chi connectivity index (χ1n) is 8.17. The van der Waals surface area contributed by atoms with Gasteiger partial charge in [-0.1, -0.05) is 19.1 Å². The molecule has 0 spiro atoms. The van der Waals surface area contributed by atoms with E-state index in [0.717, 1.165) is 12.2 Å². The summed E-state index contributed by atoms with van der Waals surface area (Å²) in [5, 5.41) is 9.08. The van der Waals surface area contributed by atoms with Crippen LogP contribution in [0, 0.1) is 0 Å². The number of fused-ring (bicyclic) bond motifs is 1. The zero-order chi connectivity index (χ0) is 17.8. The molecule has 2 aromatic carbocycles. The van der Waals surface area contributed by atoms with Gasteiger partial charge in [-0.25, -0.2) is 9.59 Å². The molecule has 0 aliphatic rings. The van der Waals surface area contributed by atoms with Crippen molar-refractivity contribution in [1.29, 1.82) is 0 Å². The van der Waals surface area contributed by atoms with E-state index in [1.807, 2.05) is 24.3 Å². The Morgan fingerprint density at radius 3 is 2.64 bits per heavy atom. The Morgan fingerprint density at radius 1 is 1.20 bits per heavy atom. The minimum Gasteiger partial charge on any atom is -0.494 e. The number of hydrogen-bond acceptors (Lipinski definition) is 4. The number of hydrogen-bond donors (Lipinski definition) is 1. The fourth-order valence-electron chi connectivity index (χ4n) is 2.64. The van der Waals surface area contributed by atoms with Crippen molar-refractivity contribution in [2.75, 3.05) is 6.61 Å². The molecule has 0 saturated heterocycles. The van der Waals surface area contributed by atoms with Gasteiger partial charge in [-0.05, 0) is 48.7 Å². The maximum Gasteiger partial charge on any atom is 0.419 e. The molecule has 0 radical (unpaired) electrons. The first-order valence-corrected chi connectivity index (χ1v) is 8.17. The van der Waals surface area contributed by atoms with Gasteiger partial charge in [0.1, 0.15) is 5.75 Å². The maximum absolute atomic E-state index is 12.0. The molecule has 3 aromatic rings. The van der Waals surface area contributed by atoms with Crippen molar-refractivity contribution in [3.05, 3.63) is 64.1 Å². The van der Waals surface area contributed by atoms with E-state index in [-0.39, 0.29) is 5.56 Å². The molecule has 3 rings (SSSR count). The standard InChI is InChI=1S/C19H19NO5/c1-2-13-4-7-15(8-5-13)24-11-3-10-20-16-12-14(18(21)22)6-9-17(16)25-19(20)23/h4-9,12H,2-3,10-11H2,1H3,(H,21,22). The molecule has 0 aliphatic heterocycles. The van der Waals surface area contributed by atoms with E-state index < -0.39 is 11.7 Å². The fraction of sp³-hybridized carbons (Fsp3) is 0.263. The molecule has 0 bridgehead atoms. The summed E-state index contributed by atoms with van der Waals surface area (Å²) >= 11 is 0. The van der Waals surface area contributed by atoms with E-state index >= 15 is 0 Å². The summed E-state index contributed by atoms with van der Waals surface area (Å²) in [7, 11) is 0. The van der Waals surface area contributed by atoms with Crippen LogP contribution in [0.2, 0.25) is 0 Å². The summed E-state index contributed by atoms with van der Waals surface area (Å²) in [4.78, 5) is 23.1. The van der Waals surface area contributed by atoms with Crippen LogP contribution >= 0.6 is 0 Å². The zero-order valence-electron chi connectivity index (χ0n) is 13.9. The average molecular weight is 341 g/mol. The molecule has 0 unspecified atom stereocenters. The number of nitrogens with zero attached hydrogens (tertiary/aromatic N) is 1. The van der Waals surface area contributed by atoms with Crippen LogP contribution < -0.4 is 10.5 Å². The summed E-state index contributed by atoms with van der Waals surface area (Å²) in [6.45, 7) is 2.93. The van der Waals surface area contributed by atoms with Crippen LogP contribution in [-0.2, 0) is 13.0 Å². The molecule has 130 valence electrons. The molecular weight excluding hydrogens is 322 g/mol. The molecule has 6 nitrogen and oxygen atoms in total. The summed E-state index contributed by atoms with van der Waals surface area (Å²) in [5.74, 6) is -0.749. The molecule has 1 aromatic heterocycles. The van der Waals surface area contributed by atoms with Gasteiger partial charge in [0, 0.05) is 6.54 Å². The molecule has 0 atom stereocenters. The molecule has 25 heavy (non-hydrogen) atoms. The van der Waals surface area contributed by atoms with Crippen LogP contribution in [0.3, 0.4) is 0 Å². The van der Waals surface area contributed by atoms with Crippen molar-refractivity contribution in [2.45, 2.75) is 26.3 Å². The predicted molar refractivity (Wildman–Crippen MR) is 93.4 cm³/mol. The van der Waals surface area contributed by atoms with Crippen molar-refractivity contribution in [2.24, 2.45) is 0 Å². The average Bonchev–Trinajstić information content (AvgIpc) is 2.93. The lowest BCUT2D eigenvalue weighted by atomic mass is 10.2. The molecular formula is C19H19NO5. The SMILES string of the molecule is CCc1ccc(OCCCn2c(=O)oc3ccc(C(=O)O)cc32)cc1. The van der Waals surface area contributed by atoms with E-state index in [4.69, 9.17) is 14.3 Å². The van der Waals surface area contributed by atoms with Gasteiger partial charge in [-0.2, -0.15) is 0 Å². The van der Waals surface area contributed by atoms with Crippen LogP contribution in [0.5, 0.6) is 5.75 Å². The Morgan fingerprint density at radius 2 is 1.96 bits per heavy atom. The highest BCUT2D eigenvalue weighted by Crippen LogP contribution is 2.16. The fourth-order valence-corrected chi connectivity index (χ4v) is 2.64. The summed E-state index contributed by atoms with van der Waals surface area (Å²) in [5.41, 5.74) is 2.23. The third-order valence-corrected chi connectivity index (χ3v) is 4.04. The number of aromatic carboxylic acids is 1. The lowest BCUT2D eigenvalue weighted by molar-refractivity contribution is 0.0697. The number of carboxylic acids is 1. The third kappa shape index (κ3) is 3.74. The zero-order valence-corrected chi connectivity index (χ0v) is 13.9. The van der Waals surface area contributed by atoms with Crippen LogP contribution in [0.15, 0.2) is 51.7 Å². The number of carbonyl (C=O) groups is 1. The molecule has 0 saturated carbocycles. The molecule has 0 aliphatic carbocycles. The number of benzene rings is 2. The first-order chi connectivity index (χ1) is 12.1. The minimum atomic E-state index is -1.04. The van der Waals surface area contributed by atoms with Crippen molar-refractivity contribution in [1.82, 2.24) is 4.57 Å². The Bertz CT molecular complexity index is 937. The van der Waals surface area contributed by atoms with Crippen LogP contribution in [-0.4, -0.2) is 22.2 Å². The van der Waals surface area contributed by atoms with Crippen LogP contribution in [0.4, 0.5) is 0 Å². The Hall–Kier alpha value is -3.02. The lowest BCUT2D eigenvalue weighted by Gasteiger charge is -2.07. The van der Waals surface area contributed by atoms with Gasteiger partial charge in [-0.15, -0.1) is 0 Å². The second-order valence-electron chi connectivity index (χ2n) is 5.71. The summed E-state index contributed by atoms with van der Waals surface area (Å²) in [6, 6.07) is 12.3. The third-order valence-electron chi connectivity index (χ3n) is 4.04. The van der Waals surface area contributed by atoms with E-state index in [9.17, 15) is 9.59 Å². The molecule has 1 N–H and O–H groups in total. The van der Waals surface area contributed by atoms with Gasteiger partial charge < -0.3 is 14.3 Å². The monoisotopic (exact) mass is 341 g/mol. The van der Waals surface area contributed by atoms with Crippen molar-refractivity contribution in [3.8, 4) is 5.75 Å². The lowest BCUT2D eigenvalue weighted by Crippen LogP contribution is -2.16. The number of aryl methyl sites for hydroxylation is 2. The molecule has 0 fully saturated rings. The normalized spacial score (nSPS) is 10.9. The maximum atomic E-state index is 12.0. The smallest absolute Gasteiger partial charge is 0.419 e. The largest absolute Gasteiger partial charge is 0.494 e. The second-order valence-corrected chi connectivity index (χ2v) is 5.71. The minimum absolute atomic E-state index is 0.120. The Balaban J connectivity index is 1.66. The van der Waals surface area contributed by atoms with Gasteiger partial charge >= 0.3 is 11.7 Å². The van der Waals surface area contributed by atoms with Crippen LogP contribution in [0.1, 0.15) is 29.3 Å². The number of rotatable bonds is 7. The van der Waals surface area contributed by atoms with Gasteiger partial charge in [0.2, 0.25) is 0 Å². The van der Waals surface area contributed by atoms with E-state index in [0.29, 0.717) is 30.7 Å². The van der Waals surface area contributed by atoms with Gasteiger partial charge in [-0.3, -0.25) is 4.57 Å². The number of carboxylic acid groups (broad SMARTS) is 1.